The molecule has 12 aromatic rings. The quantitative estimate of drug-likeness (QED) is 0.0627. The molecular formula is C58H68F2N32O30P6S6. The highest BCUT2D eigenvalue weighted by Crippen LogP contribution is 2.63. The lowest BCUT2D eigenvalue weighted by molar-refractivity contribution is -0.0511. The molecule has 9 saturated heterocycles. The van der Waals surface area contributed by atoms with Crippen LogP contribution in [0.2, 0.25) is 0 Å². The molecule has 0 spiro atoms. The normalized spacial score (nSPS) is 37.3. The SMILES string of the molecule is Nc1nc2c(nnn2[C@@H]2S[C@@H]3COP(=O)(O)O[C@H]4C[C@H](c5cnc6c(N)ccnn56)O[C@@H]4COP(O)(=S)O[C@@H]2[C@@H]3O)c(=O)[nH]1.Nc1nc2c(nnn2[C@@H]2S[C@@H]3COP(=O)(O)O[C@H]4[C@H](F)[C@H](n5nnc6c(N)ccnc65)O[C@@H]4COP(=O)(S)O[C@@H]2[C@@H]3O)c(=O)[nH]1.Nc1nc2c(nnn2[C@@H]2S[C@@H]3COP(=O)(O)O[C@H]4[C@H](F)[C@H](n5nnc6c(N)ccnc65)O[C@@H]4COP(O)(=S)O[C@@H]2[C@@H]3O)c(=O)[nH]1. The summed E-state index contributed by atoms with van der Waals surface area (Å²) in [5, 5.41) is 70.3. The van der Waals surface area contributed by atoms with Gasteiger partial charge >= 0.3 is 43.7 Å². The van der Waals surface area contributed by atoms with E-state index in [1.807, 2.05) is 0 Å². The van der Waals surface area contributed by atoms with Crippen LogP contribution in [0.4, 0.5) is 43.7 Å². The van der Waals surface area contributed by atoms with Gasteiger partial charge in [-0.1, -0.05) is 38.3 Å². The number of hydrogen-bond donors (Lipinski definition) is 18. The van der Waals surface area contributed by atoms with Crippen molar-refractivity contribution in [3.8, 4) is 0 Å². The van der Waals surface area contributed by atoms with E-state index in [0.717, 1.165) is 54.0 Å². The number of hydrogen-bond acceptors (Lipinski definition) is 53. The van der Waals surface area contributed by atoms with E-state index >= 15 is 8.78 Å². The molecule has 0 saturated carbocycles. The number of anilines is 6. The maximum atomic E-state index is 15.9. The van der Waals surface area contributed by atoms with Crippen molar-refractivity contribution >= 4 is 211 Å². The Morgan fingerprint density at radius 3 is 1.25 bits per heavy atom. The molecule has 21 rings (SSSR count). The molecule has 29 atom stereocenters. The van der Waals surface area contributed by atoms with Gasteiger partial charge in [0.25, 0.3) is 16.7 Å². The second-order valence-corrected chi connectivity index (χ2v) is 46.8. The van der Waals surface area contributed by atoms with Crippen molar-refractivity contribution in [2.24, 2.45) is 0 Å². The van der Waals surface area contributed by atoms with E-state index in [0.29, 0.717) is 17.0 Å². The van der Waals surface area contributed by atoms with Gasteiger partial charge in [-0.05, 0) is 41.8 Å². The van der Waals surface area contributed by atoms with Gasteiger partial charge in [0.05, 0.1) is 109 Å². The number of thiol groups is 1. The number of fused-ring (bicyclic) bond motifs is 15. The average Bonchev–Trinajstić information content (AvgIpc) is 1.61. The highest BCUT2D eigenvalue weighted by Gasteiger charge is 2.59. The number of ether oxygens (including phenoxy) is 3. The van der Waals surface area contributed by atoms with Gasteiger partial charge in [-0.25, -0.2) is 60.6 Å². The highest BCUT2D eigenvalue weighted by atomic mass is 32.7. The van der Waals surface area contributed by atoms with E-state index in [1.54, 1.807) is 6.07 Å². The fourth-order valence-corrected chi connectivity index (χ4v) is 27.5. The second-order valence-electron chi connectivity index (χ2n) is 30.1. The molecular weight excluding hydrogens is 2040 g/mol. The van der Waals surface area contributed by atoms with E-state index < -0.39 is 236 Å². The highest BCUT2D eigenvalue weighted by molar-refractivity contribution is 8.44. The largest absolute Gasteiger partial charge is 0.472 e. The van der Waals surface area contributed by atoms with Gasteiger partial charge in [-0.3, -0.25) is 74.6 Å². The smallest absolute Gasteiger partial charge is 0.397 e. The third kappa shape index (κ3) is 18.5. The fourth-order valence-electron chi connectivity index (χ4n) is 15.4. The predicted molar refractivity (Wildman–Crippen MR) is 461 cm³/mol. The lowest BCUT2D eigenvalue weighted by Gasteiger charge is -2.27. The second kappa shape index (κ2) is 36.3. The average molecular weight is 2110 g/mol. The summed E-state index contributed by atoms with van der Waals surface area (Å²) in [4.78, 5) is 122. The molecule has 21 heterocycles. The van der Waals surface area contributed by atoms with Gasteiger partial charge in [0.2, 0.25) is 17.8 Å². The Kier molecular flexibility index (Phi) is 25.7. The van der Waals surface area contributed by atoms with Crippen molar-refractivity contribution in [2.45, 2.75) is 142 Å². The Labute approximate surface area is 767 Å². The number of nitrogen functional groups attached to an aromatic ring is 6. The number of nitrogens with one attached hydrogen (secondary N) is 3. The summed E-state index contributed by atoms with van der Waals surface area (Å²) in [5.74, 6) is -0.716. The minimum atomic E-state index is -5.06. The maximum Gasteiger partial charge on any atom is 0.472 e. The van der Waals surface area contributed by atoms with Crippen LogP contribution in [0.25, 0.3) is 61.5 Å². The molecule has 6 unspecified atom stereocenters. The number of aromatic amines is 3. The third-order valence-corrected chi connectivity index (χ3v) is 33.7. The third-order valence-electron chi connectivity index (χ3n) is 21.5. The Hall–Kier alpha value is -8.08. The van der Waals surface area contributed by atoms with Gasteiger partial charge in [0.1, 0.15) is 77.2 Å². The first-order valence-electron chi connectivity index (χ1n) is 38.5. The van der Waals surface area contributed by atoms with Crippen LogP contribution in [0.15, 0.2) is 57.4 Å². The van der Waals surface area contributed by atoms with Crippen molar-refractivity contribution in [3.05, 3.63) is 79.7 Å². The number of aromatic nitrogens is 26. The minimum absolute atomic E-state index is 0.0348. The lowest BCUT2D eigenvalue weighted by Crippen LogP contribution is -2.35. The van der Waals surface area contributed by atoms with Crippen LogP contribution in [0.3, 0.4) is 0 Å². The molecule has 0 radical (unpaired) electrons. The fraction of sp³-hybridized carbons (Fsp3) is 0.517. The molecule has 12 aromatic heterocycles. The van der Waals surface area contributed by atoms with Crippen LogP contribution in [-0.4, -0.2) is 310 Å². The first-order valence-corrected chi connectivity index (χ1v) is 53.7. The number of alkyl halides is 2. The number of phosphoric acid groups is 3. The maximum absolute atomic E-state index is 15.9. The van der Waals surface area contributed by atoms with Crippen molar-refractivity contribution < 1.29 is 135 Å². The number of H-pyrrole nitrogens is 3. The zero-order valence-corrected chi connectivity index (χ0v) is 76.9. The molecule has 62 nitrogen and oxygen atoms in total. The number of aliphatic hydroxyl groups is 3. The molecule has 0 aliphatic carbocycles. The number of imidazole rings is 1. The molecule has 0 aromatic carbocycles. The van der Waals surface area contributed by atoms with Crippen LogP contribution in [0.5, 0.6) is 0 Å². The topological polar surface area (TPSA) is 871 Å². The zero-order chi connectivity index (χ0) is 94.6. The number of rotatable bonds is 6. The van der Waals surface area contributed by atoms with E-state index in [-0.39, 0.29) is 91.5 Å². The van der Waals surface area contributed by atoms with Crippen LogP contribution in [-0.2, 0) is 110 Å². The summed E-state index contributed by atoms with van der Waals surface area (Å²) >= 11 is 17.3. The molecule has 23 N–H and O–H groups in total. The van der Waals surface area contributed by atoms with E-state index in [2.05, 4.69) is 114 Å². The molecule has 9 aliphatic rings. The molecule has 9 aliphatic heterocycles. The number of pyridine rings is 2. The van der Waals surface area contributed by atoms with Crippen LogP contribution < -0.4 is 51.1 Å². The summed E-state index contributed by atoms with van der Waals surface area (Å²) in [6.07, 6.45) is -19.9. The predicted octanol–water partition coefficient (Wildman–Crippen LogP) is -2.09. The first kappa shape index (κ1) is 94.9. The summed E-state index contributed by atoms with van der Waals surface area (Å²) in [6.45, 7) is -16.5. The minimum Gasteiger partial charge on any atom is -0.397 e. The van der Waals surface area contributed by atoms with Crippen LogP contribution in [0, 0.1) is 0 Å². The van der Waals surface area contributed by atoms with E-state index in [4.69, 9.17) is 127 Å². The standard InChI is InChI=1S/C20H24N10O10P2S2.2C19H22FN11O10P2S2/c21-7-1-2-24-29-8(4-23-16(7)29)9-3-10-11(38-9)5-37-42(35,43)40-15-14(31)12(6-36-41(33,34)39-10)44-19(15)30-17-13(27-28-30)18(32)26-20(22)25-17;2*20-8-12-6(39-17(8)30-14-9(26-28-30)5(21)1-2-23-14)3-38-43(36,44)41-13-11(32)7(4-37-42(34,35)40-12)45-18(13)31-15-10(27-29-31)16(33)25-19(22)24-15/h1-2,4,9-12,14-15,19,31H,3,5-6,21H2,(H,33,34)(H,35,43)(H3,22,25,26,32);2*1-2,6-8,11-13,17-18,32H,3-4H2,(H2,21,23)(H,34,35)(H,36,44)(H3,22,24,25,33)/t9-,10+,11-,12-,14-,15-,19-,42?;2*6-,7-,8+,11-,12-,13-,17-,18-,43?/m111/s1. The number of halogens is 2. The van der Waals surface area contributed by atoms with Gasteiger partial charge in [-0.15, -0.1) is 60.8 Å². The Morgan fingerprint density at radius 2 is 0.813 bits per heavy atom. The van der Waals surface area contributed by atoms with Gasteiger partial charge < -0.3 is 97.4 Å². The summed E-state index contributed by atoms with van der Waals surface area (Å²) < 4.78 is 174. The number of nitrogens with zero attached hydrogens (tertiary/aromatic N) is 23. The molecule has 134 heavy (non-hydrogen) atoms. The number of thioether (sulfide) groups is 3. The van der Waals surface area contributed by atoms with Crippen molar-refractivity contribution in [2.75, 3.05) is 74.0 Å². The summed E-state index contributed by atoms with van der Waals surface area (Å²) in [6, 6.07) is 4.52. The van der Waals surface area contributed by atoms with E-state index in [1.165, 1.54) is 46.1 Å². The Bertz CT molecular complexity index is 6830. The molecule has 76 heteroatoms. The zero-order valence-electron chi connectivity index (χ0n) is 66.5. The summed E-state index contributed by atoms with van der Waals surface area (Å²) in [7, 11) is -14.9. The van der Waals surface area contributed by atoms with E-state index in [9.17, 15) is 72.4 Å². The number of aliphatic hydroxyl groups excluding tert-OH is 3. The van der Waals surface area contributed by atoms with Gasteiger partial charge in [0.15, 0.2) is 86.3 Å². The van der Waals surface area contributed by atoms with Crippen LogP contribution in [0.1, 0.15) is 46.8 Å². The molecule has 9 fully saturated rings. The van der Waals surface area contributed by atoms with Crippen LogP contribution >= 0.6 is 91.2 Å². The number of nitrogens with two attached hydrogens (primary N) is 6. The van der Waals surface area contributed by atoms with Crippen molar-refractivity contribution in [1.29, 1.82) is 0 Å². The Morgan fingerprint density at radius 1 is 0.433 bits per heavy atom. The van der Waals surface area contributed by atoms with Crippen molar-refractivity contribution in [3.63, 3.8) is 0 Å². The van der Waals surface area contributed by atoms with Gasteiger partial charge in [0, 0.05) is 18.8 Å². The lowest BCUT2D eigenvalue weighted by atomic mass is 10.1. The van der Waals surface area contributed by atoms with Gasteiger partial charge in [-0.2, -0.15) is 29.4 Å². The monoisotopic (exact) mass is 2110 g/mol. The van der Waals surface area contributed by atoms with Crippen molar-refractivity contribution in [1.82, 2.24) is 129 Å². The first-order chi connectivity index (χ1) is 63.5. The molecule has 0 amide bonds. The Balaban J connectivity index is 0.000000129. The molecule has 6 bridgehead atoms. The number of phosphoric ester groups is 3. The molecule has 720 valence electrons. The summed E-state index contributed by atoms with van der Waals surface area (Å²) in [5.41, 5.74) is 34.2.